The third-order valence-corrected chi connectivity index (χ3v) is 4.23. The highest BCUT2D eigenvalue weighted by atomic mass is 32.1. The zero-order valence-electron chi connectivity index (χ0n) is 11.3. The Hall–Kier alpha value is -1.88. The topological polar surface area (TPSA) is 42.4 Å². The molecule has 20 heavy (non-hydrogen) atoms. The predicted molar refractivity (Wildman–Crippen MR) is 78.8 cm³/mol. The Kier molecular flexibility index (Phi) is 3.69. The minimum Gasteiger partial charge on any atom is -0.466 e. The molecule has 0 amide bonds. The van der Waals surface area contributed by atoms with Crippen LogP contribution in [0.25, 0.3) is 0 Å². The second kappa shape index (κ2) is 5.63. The largest absolute Gasteiger partial charge is 0.466 e. The molecule has 0 saturated heterocycles. The molecule has 0 aliphatic carbocycles. The number of hydrogen-bond donors (Lipinski definition) is 0. The van der Waals surface area contributed by atoms with Crippen LogP contribution in [0.2, 0.25) is 0 Å². The maximum Gasteiger partial charge on any atom is 0.311 e. The van der Waals surface area contributed by atoms with Crippen molar-refractivity contribution in [3.63, 3.8) is 0 Å². The van der Waals surface area contributed by atoms with E-state index < -0.39 is 0 Å². The van der Waals surface area contributed by atoms with Gasteiger partial charge in [-0.3, -0.25) is 4.79 Å². The van der Waals surface area contributed by atoms with E-state index in [2.05, 4.69) is 34.1 Å². The molecule has 1 aromatic heterocycles. The van der Waals surface area contributed by atoms with Gasteiger partial charge in [-0.15, -0.1) is 11.3 Å². The zero-order chi connectivity index (χ0) is 13.9. The van der Waals surface area contributed by atoms with Crippen LogP contribution in [-0.4, -0.2) is 17.6 Å². The minimum atomic E-state index is -0.214. The molecule has 0 saturated carbocycles. The fourth-order valence-electron chi connectivity index (χ4n) is 2.35. The molecule has 5 heteroatoms. The Morgan fingerprint density at radius 1 is 1.35 bits per heavy atom. The Bertz CT molecular complexity index is 599. The maximum atomic E-state index is 11.5. The van der Waals surface area contributed by atoms with E-state index in [0.29, 0.717) is 6.61 Å². The molecule has 2 aromatic rings. The van der Waals surface area contributed by atoms with Crippen molar-refractivity contribution in [3.05, 3.63) is 46.5 Å². The number of carbonyl (C=O) groups excluding carboxylic acids is 1. The molecule has 0 atom stereocenters. The number of anilines is 1. The van der Waals surface area contributed by atoms with Gasteiger partial charge < -0.3 is 9.64 Å². The van der Waals surface area contributed by atoms with E-state index >= 15 is 0 Å². The Labute approximate surface area is 122 Å². The lowest BCUT2D eigenvalue weighted by Gasteiger charge is -2.12. The summed E-state index contributed by atoms with van der Waals surface area (Å²) in [4.78, 5) is 18.2. The summed E-state index contributed by atoms with van der Waals surface area (Å²) in [6.07, 6.45) is 0.255. The van der Waals surface area contributed by atoms with Crippen molar-refractivity contribution < 1.29 is 9.53 Å². The van der Waals surface area contributed by atoms with E-state index in [0.717, 1.165) is 23.9 Å². The van der Waals surface area contributed by atoms with Crippen LogP contribution in [0.1, 0.15) is 23.7 Å². The third-order valence-electron chi connectivity index (χ3n) is 3.28. The standard InChI is InChI=1S/C15H16N2O2S/c1-2-19-14(18)7-13-10-20-15(16-13)17-8-11-5-3-4-6-12(11)9-17/h3-6,10H,2,7-9H2,1H3. The van der Waals surface area contributed by atoms with Crippen LogP contribution in [0, 0.1) is 0 Å². The van der Waals surface area contributed by atoms with Crippen LogP contribution in [-0.2, 0) is 29.0 Å². The quantitative estimate of drug-likeness (QED) is 0.811. The molecule has 0 spiro atoms. The number of aromatic nitrogens is 1. The van der Waals surface area contributed by atoms with Crippen molar-refractivity contribution >= 4 is 22.4 Å². The summed E-state index contributed by atoms with van der Waals surface area (Å²) in [5.41, 5.74) is 3.50. The summed E-state index contributed by atoms with van der Waals surface area (Å²) in [5, 5.41) is 2.91. The molecule has 0 unspecified atom stereocenters. The summed E-state index contributed by atoms with van der Waals surface area (Å²) in [6.45, 7) is 4.01. The average Bonchev–Trinajstić information content (AvgIpc) is 3.04. The monoisotopic (exact) mass is 288 g/mol. The van der Waals surface area contributed by atoms with Gasteiger partial charge in [-0.1, -0.05) is 24.3 Å². The van der Waals surface area contributed by atoms with E-state index in [1.54, 1.807) is 11.3 Å². The number of hydrogen-bond acceptors (Lipinski definition) is 5. The van der Waals surface area contributed by atoms with Gasteiger partial charge in [0.25, 0.3) is 0 Å². The van der Waals surface area contributed by atoms with Crippen LogP contribution < -0.4 is 4.90 Å². The molecule has 3 rings (SSSR count). The van der Waals surface area contributed by atoms with E-state index in [1.165, 1.54) is 11.1 Å². The number of fused-ring (bicyclic) bond motifs is 1. The molecule has 0 fully saturated rings. The number of nitrogens with zero attached hydrogens (tertiary/aromatic N) is 2. The van der Waals surface area contributed by atoms with Crippen LogP contribution in [0.4, 0.5) is 5.13 Å². The molecule has 104 valence electrons. The highest BCUT2D eigenvalue weighted by Gasteiger charge is 2.21. The van der Waals surface area contributed by atoms with Gasteiger partial charge in [0.1, 0.15) is 0 Å². The Morgan fingerprint density at radius 3 is 2.70 bits per heavy atom. The van der Waals surface area contributed by atoms with Crippen molar-refractivity contribution in [1.82, 2.24) is 4.98 Å². The lowest BCUT2D eigenvalue weighted by atomic mass is 10.1. The van der Waals surface area contributed by atoms with Gasteiger partial charge in [0, 0.05) is 18.5 Å². The average molecular weight is 288 g/mol. The van der Waals surface area contributed by atoms with Crippen molar-refractivity contribution in [3.8, 4) is 0 Å². The number of ether oxygens (including phenoxy) is 1. The molecule has 0 radical (unpaired) electrons. The summed E-state index contributed by atoms with van der Waals surface area (Å²) >= 11 is 1.58. The molecular weight excluding hydrogens is 272 g/mol. The van der Waals surface area contributed by atoms with E-state index in [-0.39, 0.29) is 12.4 Å². The lowest BCUT2D eigenvalue weighted by molar-refractivity contribution is -0.142. The van der Waals surface area contributed by atoms with Gasteiger partial charge in [0.15, 0.2) is 5.13 Å². The normalized spacial score (nSPS) is 13.3. The second-order valence-corrected chi connectivity index (χ2v) is 5.56. The van der Waals surface area contributed by atoms with Gasteiger partial charge in [-0.05, 0) is 18.1 Å². The first-order valence-electron chi connectivity index (χ1n) is 6.68. The molecule has 4 nitrogen and oxygen atoms in total. The summed E-state index contributed by atoms with van der Waals surface area (Å²) < 4.78 is 4.94. The third kappa shape index (κ3) is 2.67. The van der Waals surface area contributed by atoms with Crippen molar-refractivity contribution in [2.24, 2.45) is 0 Å². The predicted octanol–water partition coefficient (Wildman–Crippen LogP) is 2.77. The van der Waals surface area contributed by atoms with Gasteiger partial charge in [-0.25, -0.2) is 4.98 Å². The molecule has 1 aliphatic heterocycles. The van der Waals surface area contributed by atoms with Crippen LogP contribution in [0.5, 0.6) is 0 Å². The van der Waals surface area contributed by atoms with Gasteiger partial charge >= 0.3 is 5.97 Å². The first-order chi connectivity index (χ1) is 9.76. The van der Waals surface area contributed by atoms with E-state index in [1.807, 2.05) is 12.3 Å². The number of rotatable bonds is 4. The van der Waals surface area contributed by atoms with Crippen LogP contribution >= 0.6 is 11.3 Å². The fourth-order valence-corrected chi connectivity index (χ4v) is 3.18. The number of carbonyl (C=O) groups is 1. The smallest absolute Gasteiger partial charge is 0.311 e. The maximum absolute atomic E-state index is 11.5. The zero-order valence-corrected chi connectivity index (χ0v) is 12.2. The first-order valence-corrected chi connectivity index (χ1v) is 7.56. The molecular formula is C15H16N2O2S. The van der Waals surface area contributed by atoms with E-state index in [4.69, 9.17) is 4.74 Å². The fraction of sp³-hybridized carbons (Fsp3) is 0.333. The second-order valence-electron chi connectivity index (χ2n) is 4.73. The molecule has 1 aromatic carbocycles. The van der Waals surface area contributed by atoms with Gasteiger partial charge in [0.2, 0.25) is 0 Å². The van der Waals surface area contributed by atoms with Gasteiger partial charge in [0.05, 0.1) is 18.7 Å². The Morgan fingerprint density at radius 2 is 2.05 bits per heavy atom. The highest BCUT2D eigenvalue weighted by molar-refractivity contribution is 7.13. The van der Waals surface area contributed by atoms with Crippen molar-refractivity contribution in [2.45, 2.75) is 26.4 Å². The summed E-state index contributed by atoms with van der Waals surface area (Å²) in [5.74, 6) is -0.214. The number of thiazole rings is 1. The first kappa shape index (κ1) is 13.1. The minimum absolute atomic E-state index is 0.214. The van der Waals surface area contributed by atoms with Crippen molar-refractivity contribution in [2.75, 3.05) is 11.5 Å². The molecule has 1 aliphatic rings. The lowest BCUT2D eigenvalue weighted by Crippen LogP contribution is -2.14. The van der Waals surface area contributed by atoms with Crippen LogP contribution in [0.3, 0.4) is 0 Å². The summed E-state index contributed by atoms with van der Waals surface area (Å²) in [6, 6.07) is 8.44. The number of benzene rings is 1. The molecule has 0 N–H and O–H groups in total. The van der Waals surface area contributed by atoms with Crippen LogP contribution in [0.15, 0.2) is 29.6 Å². The highest BCUT2D eigenvalue weighted by Crippen LogP contribution is 2.30. The number of esters is 1. The Balaban J connectivity index is 1.68. The van der Waals surface area contributed by atoms with E-state index in [9.17, 15) is 4.79 Å². The molecule has 0 bridgehead atoms. The van der Waals surface area contributed by atoms with Gasteiger partial charge in [-0.2, -0.15) is 0 Å². The SMILES string of the molecule is CCOC(=O)Cc1csc(N2Cc3ccccc3C2)n1. The molecule has 2 heterocycles. The summed E-state index contributed by atoms with van der Waals surface area (Å²) in [7, 11) is 0. The van der Waals surface area contributed by atoms with Crippen molar-refractivity contribution in [1.29, 1.82) is 0 Å².